The van der Waals surface area contributed by atoms with Gasteiger partial charge >= 0.3 is 6.09 Å². The average molecular weight is 372 g/mol. The molecule has 0 aliphatic rings. The summed E-state index contributed by atoms with van der Waals surface area (Å²) in [6, 6.07) is 4.99. The van der Waals surface area contributed by atoms with E-state index in [1.54, 1.807) is 32.0 Å². The summed E-state index contributed by atoms with van der Waals surface area (Å²) >= 11 is 6.03. The van der Waals surface area contributed by atoms with E-state index in [1.165, 1.54) is 7.11 Å². The Balaban J connectivity index is 2.80. The molecule has 0 aromatic heterocycles. The van der Waals surface area contributed by atoms with Crippen molar-refractivity contribution in [2.24, 2.45) is 10.3 Å². The fourth-order valence-corrected chi connectivity index (χ4v) is 1.63. The number of halogens is 1. The fraction of sp³-hybridized carbons (Fsp3) is 0.438. The van der Waals surface area contributed by atoms with Crippen LogP contribution in [0.5, 0.6) is 5.75 Å². The summed E-state index contributed by atoms with van der Waals surface area (Å²) in [7, 11) is 1.23. The van der Waals surface area contributed by atoms with E-state index in [0.717, 1.165) is 0 Å². The maximum atomic E-state index is 11.1. The Morgan fingerprint density at radius 1 is 1.32 bits per heavy atom. The Kier molecular flexibility index (Phi) is 8.55. The zero-order valence-corrected chi connectivity index (χ0v) is 15.6. The predicted octanol–water partition coefficient (Wildman–Crippen LogP) is 3.53. The number of carbonyl (C=O) groups excluding carboxylic acids is 1. The molecule has 1 aromatic carbocycles. The summed E-state index contributed by atoms with van der Waals surface area (Å²) in [5.74, 6) is 0.251. The normalized spacial score (nSPS) is 13.0. The molecule has 0 heterocycles. The van der Waals surface area contributed by atoms with E-state index in [1.807, 2.05) is 13.8 Å². The molecule has 1 N–H and O–H groups in total. The molecule has 0 saturated heterocycles. The lowest BCUT2D eigenvalue weighted by molar-refractivity contribution is 0.107. The molecule has 0 aliphatic heterocycles. The highest BCUT2D eigenvalue weighted by atomic mass is 35.5. The van der Waals surface area contributed by atoms with Crippen LogP contribution >= 0.6 is 11.6 Å². The van der Waals surface area contributed by atoms with Gasteiger partial charge in [-0.15, -0.1) is 0 Å². The van der Waals surface area contributed by atoms with Crippen LogP contribution in [0.25, 0.3) is 0 Å². The maximum Gasteiger partial charge on any atom is 0.440 e. The number of hydrogen-bond acceptors (Lipinski definition) is 7. The van der Waals surface area contributed by atoms with Gasteiger partial charge in [0.05, 0.1) is 23.6 Å². The Hall–Kier alpha value is -2.48. The van der Waals surface area contributed by atoms with Gasteiger partial charge in [-0.2, -0.15) is 5.48 Å². The quantitative estimate of drug-likeness (QED) is 0.557. The molecular weight excluding hydrogens is 350 g/mol. The van der Waals surface area contributed by atoms with E-state index in [2.05, 4.69) is 20.5 Å². The molecule has 0 radical (unpaired) electrons. The molecule has 138 valence electrons. The van der Waals surface area contributed by atoms with Crippen LogP contribution in [-0.2, 0) is 14.4 Å². The third-order valence-electron chi connectivity index (χ3n) is 3.05. The summed E-state index contributed by atoms with van der Waals surface area (Å²) < 4.78 is 4.42. The van der Waals surface area contributed by atoms with Crippen LogP contribution < -0.4 is 10.3 Å². The SMILES string of the molecule is CCON=C(C)C(C)ON=C(C)c1ccc(Cl)c(ONC(=O)OC)c1. The molecule has 9 heteroatoms. The van der Waals surface area contributed by atoms with Gasteiger partial charge in [0.15, 0.2) is 11.9 Å². The van der Waals surface area contributed by atoms with Crippen LogP contribution in [0.4, 0.5) is 4.79 Å². The Morgan fingerprint density at radius 2 is 2.04 bits per heavy atom. The van der Waals surface area contributed by atoms with Crippen molar-refractivity contribution in [3.05, 3.63) is 28.8 Å². The summed E-state index contributed by atoms with van der Waals surface area (Å²) in [6.45, 7) is 7.70. The molecule has 1 rings (SSSR count). The number of rotatable bonds is 8. The van der Waals surface area contributed by atoms with Crippen molar-refractivity contribution in [2.75, 3.05) is 13.7 Å². The monoisotopic (exact) mass is 371 g/mol. The Bertz CT molecular complexity index is 649. The summed E-state index contributed by atoms with van der Waals surface area (Å²) in [5.41, 5.74) is 4.06. The van der Waals surface area contributed by atoms with Gasteiger partial charge in [0.2, 0.25) is 0 Å². The van der Waals surface area contributed by atoms with Gasteiger partial charge in [0, 0.05) is 5.56 Å². The number of nitrogens with one attached hydrogen (secondary N) is 1. The maximum absolute atomic E-state index is 11.1. The van der Waals surface area contributed by atoms with Crippen molar-refractivity contribution in [1.82, 2.24) is 5.48 Å². The molecule has 0 saturated carbocycles. The van der Waals surface area contributed by atoms with Gasteiger partial charge in [-0.1, -0.05) is 28.0 Å². The molecule has 1 unspecified atom stereocenters. The van der Waals surface area contributed by atoms with Crippen LogP contribution in [0.2, 0.25) is 5.02 Å². The van der Waals surface area contributed by atoms with Crippen LogP contribution in [-0.4, -0.2) is 37.3 Å². The van der Waals surface area contributed by atoms with Crippen molar-refractivity contribution in [2.45, 2.75) is 33.8 Å². The molecule has 1 atom stereocenters. The third-order valence-corrected chi connectivity index (χ3v) is 3.36. The first-order chi connectivity index (χ1) is 11.9. The van der Waals surface area contributed by atoms with Gasteiger partial charge < -0.3 is 19.2 Å². The fourth-order valence-electron chi connectivity index (χ4n) is 1.47. The van der Waals surface area contributed by atoms with Gasteiger partial charge in [-0.25, -0.2) is 4.79 Å². The highest BCUT2D eigenvalue weighted by molar-refractivity contribution is 6.32. The lowest BCUT2D eigenvalue weighted by Crippen LogP contribution is -2.26. The average Bonchev–Trinajstić information content (AvgIpc) is 2.62. The van der Waals surface area contributed by atoms with Crippen molar-refractivity contribution in [3.8, 4) is 5.75 Å². The molecule has 8 nitrogen and oxygen atoms in total. The Morgan fingerprint density at radius 3 is 2.68 bits per heavy atom. The number of methoxy groups -OCH3 is 1. The van der Waals surface area contributed by atoms with E-state index >= 15 is 0 Å². The molecule has 0 bridgehead atoms. The first kappa shape index (κ1) is 20.6. The van der Waals surface area contributed by atoms with Crippen LogP contribution in [0.1, 0.15) is 33.3 Å². The number of amides is 1. The molecular formula is C16H22ClN3O5. The topological polar surface area (TPSA) is 90.7 Å². The first-order valence-electron chi connectivity index (χ1n) is 7.56. The summed E-state index contributed by atoms with van der Waals surface area (Å²) in [5, 5.41) is 8.30. The van der Waals surface area contributed by atoms with E-state index in [-0.39, 0.29) is 11.9 Å². The predicted molar refractivity (Wildman–Crippen MR) is 95.1 cm³/mol. The molecule has 1 aromatic rings. The number of benzene rings is 1. The van der Waals surface area contributed by atoms with Crippen molar-refractivity contribution < 1.29 is 24.0 Å². The number of hydrogen-bond donors (Lipinski definition) is 1. The zero-order chi connectivity index (χ0) is 18.8. The van der Waals surface area contributed by atoms with Crippen LogP contribution in [0, 0.1) is 0 Å². The second-order valence-electron chi connectivity index (χ2n) is 4.92. The van der Waals surface area contributed by atoms with Crippen LogP contribution in [0.3, 0.4) is 0 Å². The number of ether oxygens (including phenoxy) is 1. The molecule has 0 spiro atoms. The molecule has 0 fully saturated rings. The Labute approximate surface area is 151 Å². The number of carbonyl (C=O) groups is 1. The highest BCUT2D eigenvalue weighted by Gasteiger charge is 2.10. The molecule has 25 heavy (non-hydrogen) atoms. The second kappa shape index (κ2) is 10.4. The van der Waals surface area contributed by atoms with Gasteiger partial charge in [0.1, 0.15) is 6.61 Å². The highest BCUT2D eigenvalue weighted by Crippen LogP contribution is 2.25. The zero-order valence-electron chi connectivity index (χ0n) is 14.8. The van der Waals surface area contributed by atoms with Crippen molar-refractivity contribution in [3.63, 3.8) is 0 Å². The van der Waals surface area contributed by atoms with Crippen LogP contribution in [0.15, 0.2) is 28.5 Å². The number of nitrogens with zero attached hydrogens (tertiary/aromatic N) is 2. The summed E-state index contributed by atoms with van der Waals surface area (Å²) in [4.78, 5) is 26.6. The minimum atomic E-state index is -0.743. The van der Waals surface area contributed by atoms with E-state index in [9.17, 15) is 4.79 Å². The second-order valence-corrected chi connectivity index (χ2v) is 5.32. The van der Waals surface area contributed by atoms with E-state index < -0.39 is 6.09 Å². The minimum absolute atomic E-state index is 0.251. The third kappa shape index (κ3) is 6.88. The number of hydroxylamine groups is 1. The van der Waals surface area contributed by atoms with Crippen molar-refractivity contribution in [1.29, 1.82) is 0 Å². The minimum Gasteiger partial charge on any atom is -0.451 e. The number of oxime groups is 2. The lowest BCUT2D eigenvalue weighted by Gasteiger charge is -2.11. The standard InChI is InChI=1S/C16H22ClN3O5/c1-6-23-18-10(2)12(4)24-19-11(3)13-7-8-14(17)15(9-13)25-20-16(21)22-5/h7-9,12H,6H2,1-5H3,(H,20,21). The van der Waals surface area contributed by atoms with E-state index in [4.69, 9.17) is 26.1 Å². The molecule has 0 aliphatic carbocycles. The van der Waals surface area contributed by atoms with Gasteiger partial charge in [-0.3, -0.25) is 0 Å². The van der Waals surface area contributed by atoms with E-state index in [0.29, 0.717) is 28.6 Å². The summed E-state index contributed by atoms with van der Waals surface area (Å²) in [6.07, 6.45) is -1.08. The first-order valence-corrected chi connectivity index (χ1v) is 7.94. The largest absolute Gasteiger partial charge is 0.451 e. The van der Waals surface area contributed by atoms with Gasteiger partial charge in [-0.05, 0) is 39.8 Å². The molecule has 1 amide bonds. The smallest absolute Gasteiger partial charge is 0.440 e. The van der Waals surface area contributed by atoms with Crippen molar-refractivity contribution >= 4 is 29.1 Å². The van der Waals surface area contributed by atoms with Gasteiger partial charge in [0.25, 0.3) is 0 Å². The lowest BCUT2D eigenvalue weighted by atomic mass is 10.1.